The number of aromatic nitrogens is 2. The number of aliphatic hydroxyl groups excluding tert-OH is 1. The Bertz CT molecular complexity index is 904. The fraction of sp³-hybridized carbons (Fsp3) is 0.118. The molecule has 8 heteroatoms. The zero-order valence-corrected chi connectivity index (χ0v) is 12.5. The highest BCUT2D eigenvalue weighted by molar-refractivity contribution is 5.60. The molecule has 25 heavy (non-hydrogen) atoms. The Kier molecular flexibility index (Phi) is 4.30. The summed E-state index contributed by atoms with van der Waals surface area (Å²) < 4.78 is 64.5. The van der Waals surface area contributed by atoms with E-state index in [4.69, 9.17) is 0 Å². The summed E-state index contributed by atoms with van der Waals surface area (Å²) in [6.07, 6.45) is -4.60. The molecule has 1 unspecified atom stereocenters. The molecular weight excluding hydrogens is 343 g/mol. The van der Waals surface area contributed by atoms with Crippen molar-refractivity contribution in [1.29, 1.82) is 0 Å². The Morgan fingerprint density at radius 1 is 1.00 bits per heavy atom. The van der Waals surface area contributed by atoms with Crippen LogP contribution in [0.1, 0.15) is 23.1 Å². The van der Waals surface area contributed by atoms with E-state index < -0.39 is 29.5 Å². The van der Waals surface area contributed by atoms with Gasteiger partial charge in [0.25, 0.3) is 0 Å². The van der Waals surface area contributed by atoms with Crippen LogP contribution < -0.4 is 0 Å². The second-order valence-electron chi connectivity index (χ2n) is 5.34. The third kappa shape index (κ3) is 3.53. The number of imidazole rings is 1. The predicted octanol–water partition coefficient (Wildman–Crippen LogP) is 4.46. The Labute approximate surface area is 138 Å². The fourth-order valence-electron chi connectivity index (χ4n) is 2.33. The smallest absolute Gasteiger partial charge is 0.380 e. The van der Waals surface area contributed by atoms with Gasteiger partial charge in [-0.15, -0.1) is 0 Å². The van der Waals surface area contributed by atoms with Crippen molar-refractivity contribution in [2.24, 2.45) is 0 Å². The highest BCUT2D eigenvalue weighted by atomic mass is 19.4. The van der Waals surface area contributed by atoms with Gasteiger partial charge in [-0.2, -0.15) is 13.2 Å². The minimum absolute atomic E-state index is 0.00146. The van der Waals surface area contributed by atoms with Crippen molar-refractivity contribution in [3.63, 3.8) is 0 Å². The number of nitrogens with one attached hydrogen (secondary N) is 1. The number of aromatic amines is 1. The number of nitrogens with zero attached hydrogens (tertiary/aromatic N) is 1. The van der Waals surface area contributed by atoms with Crippen LogP contribution >= 0.6 is 0 Å². The zero-order valence-electron chi connectivity index (χ0n) is 12.5. The summed E-state index contributed by atoms with van der Waals surface area (Å²) in [5, 5.41) is 10.2. The van der Waals surface area contributed by atoms with Gasteiger partial charge in [-0.25, -0.2) is 13.8 Å². The van der Waals surface area contributed by atoms with Crippen molar-refractivity contribution in [3.05, 3.63) is 77.2 Å². The molecule has 0 fully saturated rings. The quantitative estimate of drug-likeness (QED) is 0.683. The SMILES string of the molecule is OC(c1ccc(F)c(F)c1)c1ncc(-c2cccc(C(F)(F)F)c2)[nH]1. The van der Waals surface area contributed by atoms with Gasteiger partial charge in [0, 0.05) is 5.56 Å². The van der Waals surface area contributed by atoms with E-state index >= 15 is 0 Å². The van der Waals surface area contributed by atoms with Crippen molar-refractivity contribution >= 4 is 0 Å². The Morgan fingerprint density at radius 3 is 2.44 bits per heavy atom. The van der Waals surface area contributed by atoms with E-state index in [-0.39, 0.29) is 22.6 Å². The maximum atomic E-state index is 13.3. The van der Waals surface area contributed by atoms with Gasteiger partial charge < -0.3 is 10.1 Å². The molecule has 3 rings (SSSR count). The lowest BCUT2D eigenvalue weighted by molar-refractivity contribution is -0.137. The number of hydrogen-bond donors (Lipinski definition) is 2. The van der Waals surface area contributed by atoms with Crippen molar-refractivity contribution < 1.29 is 27.1 Å². The van der Waals surface area contributed by atoms with Crippen molar-refractivity contribution in [1.82, 2.24) is 9.97 Å². The van der Waals surface area contributed by atoms with E-state index in [1.54, 1.807) is 0 Å². The minimum atomic E-state index is -4.48. The maximum Gasteiger partial charge on any atom is 0.416 e. The molecule has 2 N–H and O–H groups in total. The second-order valence-corrected chi connectivity index (χ2v) is 5.34. The van der Waals surface area contributed by atoms with Gasteiger partial charge in [-0.3, -0.25) is 0 Å². The maximum absolute atomic E-state index is 13.3. The molecule has 0 aliphatic rings. The van der Waals surface area contributed by atoms with Crippen molar-refractivity contribution in [2.75, 3.05) is 0 Å². The summed E-state index contributed by atoms with van der Waals surface area (Å²) >= 11 is 0. The Hall–Kier alpha value is -2.74. The van der Waals surface area contributed by atoms with Crippen LogP contribution in [0.4, 0.5) is 22.0 Å². The normalized spacial score (nSPS) is 13.0. The lowest BCUT2D eigenvalue weighted by Gasteiger charge is -2.09. The van der Waals surface area contributed by atoms with E-state index in [2.05, 4.69) is 9.97 Å². The third-order valence-corrected chi connectivity index (χ3v) is 3.61. The monoisotopic (exact) mass is 354 g/mol. The first-order valence-electron chi connectivity index (χ1n) is 7.11. The fourth-order valence-corrected chi connectivity index (χ4v) is 2.33. The van der Waals surface area contributed by atoms with Crippen LogP contribution in [0, 0.1) is 11.6 Å². The number of rotatable bonds is 3. The van der Waals surface area contributed by atoms with Crippen molar-refractivity contribution in [3.8, 4) is 11.3 Å². The zero-order chi connectivity index (χ0) is 18.2. The van der Waals surface area contributed by atoms with Gasteiger partial charge in [0.2, 0.25) is 0 Å². The summed E-state index contributed by atoms with van der Waals surface area (Å²) in [6.45, 7) is 0. The molecule has 0 bridgehead atoms. The first kappa shape index (κ1) is 17.1. The molecule has 0 saturated heterocycles. The van der Waals surface area contributed by atoms with Gasteiger partial charge in [0.15, 0.2) is 11.6 Å². The van der Waals surface area contributed by atoms with Crippen LogP contribution in [0.2, 0.25) is 0 Å². The second kappa shape index (κ2) is 6.29. The van der Waals surface area contributed by atoms with Gasteiger partial charge in [0.1, 0.15) is 11.9 Å². The molecule has 1 atom stereocenters. The highest BCUT2D eigenvalue weighted by Crippen LogP contribution is 2.32. The summed E-state index contributed by atoms with van der Waals surface area (Å²) in [6, 6.07) is 7.48. The van der Waals surface area contributed by atoms with Gasteiger partial charge in [-0.05, 0) is 29.8 Å². The molecule has 130 valence electrons. The number of hydrogen-bond acceptors (Lipinski definition) is 2. The molecule has 0 saturated carbocycles. The first-order valence-corrected chi connectivity index (χ1v) is 7.11. The topological polar surface area (TPSA) is 48.9 Å². The molecule has 0 spiro atoms. The van der Waals surface area contributed by atoms with E-state index in [1.165, 1.54) is 24.4 Å². The van der Waals surface area contributed by atoms with Gasteiger partial charge >= 0.3 is 6.18 Å². The molecular formula is C17H11F5N2O. The standard InChI is InChI=1S/C17H11F5N2O/c18-12-5-4-10(7-13(12)19)15(25)16-23-8-14(24-16)9-2-1-3-11(6-9)17(20,21)22/h1-8,15,25H,(H,23,24). The number of halogens is 5. The molecule has 3 nitrogen and oxygen atoms in total. The van der Waals surface area contributed by atoms with E-state index in [0.29, 0.717) is 0 Å². The third-order valence-electron chi connectivity index (χ3n) is 3.61. The van der Waals surface area contributed by atoms with Crippen molar-refractivity contribution in [2.45, 2.75) is 12.3 Å². The number of benzene rings is 2. The molecule has 2 aromatic carbocycles. The lowest BCUT2D eigenvalue weighted by Crippen LogP contribution is -2.04. The molecule has 0 aliphatic carbocycles. The molecule has 0 radical (unpaired) electrons. The van der Waals surface area contributed by atoms with Crippen LogP contribution in [-0.4, -0.2) is 15.1 Å². The van der Waals surface area contributed by atoms with Gasteiger partial charge in [-0.1, -0.05) is 18.2 Å². The summed E-state index contributed by atoms with van der Waals surface area (Å²) in [7, 11) is 0. The largest absolute Gasteiger partial charge is 0.416 e. The van der Waals surface area contributed by atoms with E-state index in [0.717, 1.165) is 24.3 Å². The van der Waals surface area contributed by atoms with Crippen LogP contribution in [0.5, 0.6) is 0 Å². The van der Waals surface area contributed by atoms with Crippen LogP contribution in [0.15, 0.2) is 48.7 Å². The number of H-pyrrole nitrogens is 1. The van der Waals surface area contributed by atoms with E-state index in [9.17, 15) is 27.1 Å². The van der Waals surface area contributed by atoms with Crippen LogP contribution in [0.25, 0.3) is 11.3 Å². The molecule has 1 heterocycles. The summed E-state index contributed by atoms with van der Waals surface area (Å²) in [5.41, 5.74) is -0.278. The molecule has 1 aromatic heterocycles. The average Bonchev–Trinajstić information content (AvgIpc) is 3.06. The predicted molar refractivity (Wildman–Crippen MR) is 79.4 cm³/mol. The number of alkyl halides is 3. The molecule has 3 aromatic rings. The minimum Gasteiger partial charge on any atom is -0.380 e. The first-order chi connectivity index (χ1) is 11.8. The molecule has 0 amide bonds. The van der Waals surface area contributed by atoms with E-state index in [1.807, 2.05) is 0 Å². The lowest BCUT2D eigenvalue weighted by atomic mass is 10.1. The van der Waals surface area contributed by atoms with Gasteiger partial charge in [0.05, 0.1) is 17.5 Å². The number of aliphatic hydroxyl groups is 1. The Balaban J connectivity index is 1.91. The summed E-state index contributed by atoms with van der Waals surface area (Å²) in [5.74, 6) is -2.18. The Morgan fingerprint density at radius 2 is 1.76 bits per heavy atom. The van der Waals surface area contributed by atoms with Crippen LogP contribution in [0.3, 0.4) is 0 Å². The highest BCUT2D eigenvalue weighted by Gasteiger charge is 2.30. The summed E-state index contributed by atoms with van der Waals surface area (Å²) in [4.78, 5) is 6.61. The van der Waals surface area contributed by atoms with Crippen LogP contribution in [-0.2, 0) is 6.18 Å². The average molecular weight is 354 g/mol. The molecule has 0 aliphatic heterocycles.